The molecule has 0 atom stereocenters. The molecule has 0 saturated carbocycles. The van der Waals surface area contributed by atoms with E-state index >= 15 is 0 Å². The standard InChI is InChI=1S/C24H14N4/c1-2-4-16-14(3-1)11-15-5-6-20-23(22(15)16)28-21-13-26-9-7-17(21)19-12-25-10-8-18(19)24(28)27-20/h1-10,12-13H,11H2. The van der Waals surface area contributed by atoms with Crippen LogP contribution in [0.1, 0.15) is 11.1 Å². The molecule has 0 unspecified atom stereocenters. The van der Waals surface area contributed by atoms with E-state index in [0.717, 1.165) is 39.3 Å². The van der Waals surface area contributed by atoms with E-state index in [-0.39, 0.29) is 0 Å². The lowest BCUT2D eigenvalue weighted by molar-refractivity contribution is 1.25. The summed E-state index contributed by atoms with van der Waals surface area (Å²) in [6.45, 7) is 0. The molecule has 0 amide bonds. The van der Waals surface area contributed by atoms with Crippen molar-refractivity contribution in [3.05, 3.63) is 84.4 Å². The summed E-state index contributed by atoms with van der Waals surface area (Å²) >= 11 is 0. The zero-order valence-corrected chi connectivity index (χ0v) is 14.9. The number of rotatable bonds is 0. The Bertz CT molecular complexity index is 1590. The minimum atomic E-state index is 0.964. The molecule has 2 aromatic carbocycles. The fourth-order valence-corrected chi connectivity index (χ4v) is 4.79. The second-order valence-corrected chi connectivity index (χ2v) is 7.39. The van der Waals surface area contributed by atoms with Crippen LogP contribution in [0.4, 0.5) is 0 Å². The molecular weight excluding hydrogens is 344 g/mol. The summed E-state index contributed by atoms with van der Waals surface area (Å²) in [6.07, 6.45) is 8.53. The molecule has 4 aromatic heterocycles. The minimum absolute atomic E-state index is 0.964. The van der Waals surface area contributed by atoms with Gasteiger partial charge in [-0.2, -0.15) is 0 Å². The fraction of sp³-hybridized carbons (Fsp3) is 0.0417. The zero-order valence-electron chi connectivity index (χ0n) is 14.9. The highest BCUT2D eigenvalue weighted by Gasteiger charge is 2.24. The Morgan fingerprint density at radius 2 is 1.61 bits per heavy atom. The molecule has 4 nitrogen and oxygen atoms in total. The van der Waals surface area contributed by atoms with Crippen molar-refractivity contribution in [2.75, 3.05) is 0 Å². The van der Waals surface area contributed by atoms with E-state index < -0.39 is 0 Å². The molecule has 0 spiro atoms. The van der Waals surface area contributed by atoms with E-state index in [2.05, 4.69) is 62.9 Å². The van der Waals surface area contributed by atoms with Gasteiger partial charge in [0.25, 0.3) is 0 Å². The molecular formula is C24H14N4. The second kappa shape index (κ2) is 4.93. The summed E-state index contributed by atoms with van der Waals surface area (Å²) in [7, 11) is 0. The third kappa shape index (κ3) is 1.63. The molecule has 28 heavy (non-hydrogen) atoms. The summed E-state index contributed by atoms with van der Waals surface area (Å²) in [5, 5.41) is 3.37. The third-order valence-electron chi connectivity index (χ3n) is 5.97. The Morgan fingerprint density at radius 3 is 2.57 bits per heavy atom. The molecule has 130 valence electrons. The van der Waals surface area contributed by atoms with Gasteiger partial charge < -0.3 is 0 Å². The van der Waals surface area contributed by atoms with Crippen LogP contribution < -0.4 is 0 Å². The van der Waals surface area contributed by atoms with Gasteiger partial charge in [0.15, 0.2) is 0 Å². The lowest BCUT2D eigenvalue weighted by Crippen LogP contribution is -1.94. The van der Waals surface area contributed by atoms with Gasteiger partial charge >= 0.3 is 0 Å². The molecule has 7 rings (SSSR count). The van der Waals surface area contributed by atoms with Gasteiger partial charge in [0, 0.05) is 40.3 Å². The zero-order chi connectivity index (χ0) is 18.2. The average molecular weight is 358 g/mol. The Labute approximate surface area is 160 Å². The maximum atomic E-state index is 5.05. The molecule has 0 N–H and O–H groups in total. The number of aromatic nitrogens is 4. The number of hydrogen-bond donors (Lipinski definition) is 0. The monoisotopic (exact) mass is 358 g/mol. The Balaban J connectivity index is 1.82. The first kappa shape index (κ1) is 14.3. The number of pyridine rings is 3. The SMILES string of the molecule is c1ccc2c(c1)Cc1ccc3nc4c5ccncc5c5ccncc5n4c3c1-2. The van der Waals surface area contributed by atoms with Crippen LogP contribution in [0.3, 0.4) is 0 Å². The van der Waals surface area contributed by atoms with Gasteiger partial charge in [-0.3, -0.25) is 14.4 Å². The van der Waals surface area contributed by atoms with Crippen molar-refractivity contribution in [3.63, 3.8) is 0 Å². The molecule has 0 radical (unpaired) electrons. The van der Waals surface area contributed by atoms with E-state index in [1.807, 2.05) is 24.8 Å². The van der Waals surface area contributed by atoms with Gasteiger partial charge in [-0.1, -0.05) is 30.3 Å². The molecule has 6 aromatic rings. The van der Waals surface area contributed by atoms with E-state index in [4.69, 9.17) is 4.98 Å². The van der Waals surface area contributed by atoms with Crippen molar-refractivity contribution in [1.82, 2.24) is 19.4 Å². The topological polar surface area (TPSA) is 43.1 Å². The highest BCUT2D eigenvalue weighted by molar-refractivity contribution is 6.14. The molecule has 1 aliphatic carbocycles. The van der Waals surface area contributed by atoms with Crippen molar-refractivity contribution in [3.8, 4) is 11.1 Å². The van der Waals surface area contributed by atoms with Crippen molar-refractivity contribution >= 4 is 38.4 Å². The van der Waals surface area contributed by atoms with E-state index in [1.165, 1.54) is 27.8 Å². The summed E-state index contributed by atoms with van der Waals surface area (Å²) in [5.74, 6) is 0. The quantitative estimate of drug-likeness (QED) is 0.352. The van der Waals surface area contributed by atoms with Crippen LogP contribution in [0.25, 0.3) is 49.5 Å². The van der Waals surface area contributed by atoms with Crippen LogP contribution in [0.15, 0.2) is 73.3 Å². The maximum absolute atomic E-state index is 5.05. The molecule has 1 aliphatic rings. The van der Waals surface area contributed by atoms with Crippen molar-refractivity contribution in [2.45, 2.75) is 6.42 Å². The molecule has 0 bridgehead atoms. The smallest absolute Gasteiger partial charge is 0.146 e. The summed E-state index contributed by atoms with van der Waals surface area (Å²) in [5.41, 5.74) is 9.59. The minimum Gasteiger partial charge on any atom is -0.289 e. The Hall–Kier alpha value is -3.79. The van der Waals surface area contributed by atoms with Crippen LogP contribution in [0.5, 0.6) is 0 Å². The van der Waals surface area contributed by atoms with Gasteiger partial charge in [-0.05, 0) is 41.3 Å². The van der Waals surface area contributed by atoms with Crippen molar-refractivity contribution in [1.29, 1.82) is 0 Å². The second-order valence-electron chi connectivity index (χ2n) is 7.39. The highest BCUT2D eigenvalue weighted by Crippen LogP contribution is 2.43. The van der Waals surface area contributed by atoms with Gasteiger partial charge in [0.2, 0.25) is 0 Å². The molecule has 0 aliphatic heterocycles. The first-order valence-corrected chi connectivity index (χ1v) is 9.42. The number of hydrogen-bond acceptors (Lipinski definition) is 3. The van der Waals surface area contributed by atoms with Gasteiger partial charge in [-0.25, -0.2) is 4.98 Å². The average Bonchev–Trinajstić information content (AvgIpc) is 3.32. The van der Waals surface area contributed by atoms with Gasteiger partial charge in [-0.15, -0.1) is 0 Å². The maximum Gasteiger partial charge on any atom is 0.146 e. The largest absolute Gasteiger partial charge is 0.289 e. The predicted molar refractivity (Wildman–Crippen MR) is 112 cm³/mol. The van der Waals surface area contributed by atoms with Crippen LogP contribution in [0.2, 0.25) is 0 Å². The predicted octanol–water partition coefficient (Wildman–Crippen LogP) is 5.16. The molecule has 4 heterocycles. The van der Waals surface area contributed by atoms with Crippen LogP contribution in [-0.4, -0.2) is 19.4 Å². The van der Waals surface area contributed by atoms with E-state index in [1.54, 1.807) is 0 Å². The molecule has 4 heteroatoms. The fourth-order valence-electron chi connectivity index (χ4n) is 4.79. The lowest BCUT2D eigenvalue weighted by Gasteiger charge is -2.10. The van der Waals surface area contributed by atoms with Crippen molar-refractivity contribution in [2.24, 2.45) is 0 Å². The third-order valence-corrected chi connectivity index (χ3v) is 5.97. The number of imidazole rings is 1. The Morgan fingerprint density at radius 1 is 0.750 bits per heavy atom. The van der Waals surface area contributed by atoms with Crippen LogP contribution >= 0.6 is 0 Å². The summed E-state index contributed by atoms with van der Waals surface area (Å²) in [6, 6.07) is 17.2. The number of nitrogens with zero attached hydrogens (tertiary/aromatic N) is 4. The van der Waals surface area contributed by atoms with E-state index in [0.29, 0.717) is 0 Å². The van der Waals surface area contributed by atoms with Crippen LogP contribution in [0, 0.1) is 0 Å². The summed E-state index contributed by atoms with van der Waals surface area (Å²) < 4.78 is 2.29. The van der Waals surface area contributed by atoms with Gasteiger partial charge in [0.1, 0.15) is 5.65 Å². The van der Waals surface area contributed by atoms with Crippen molar-refractivity contribution < 1.29 is 0 Å². The normalized spacial score (nSPS) is 12.9. The number of benzene rings is 2. The highest BCUT2D eigenvalue weighted by atomic mass is 15.0. The van der Waals surface area contributed by atoms with Crippen LogP contribution in [-0.2, 0) is 6.42 Å². The molecule has 0 saturated heterocycles. The first-order valence-electron chi connectivity index (χ1n) is 9.42. The van der Waals surface area contributed by atoms with Gasteiger partial charge in [0.05, 0.1) is 22.7 Å². The molecule has 0 fully saturated rings. The van der Waals surface area contributed by atoms with E-state index in [9.17, 15) is 0 Å². The number of fused-ring (bicyclic) bond motifs is 12. The lowest BCUT2D eigenvalue weighted by atomic mass is 10.0. The Kier molecular flexibility index (Phi) is 2.51. The first-order chi connectivity index (χ1) is 13.9. The summed E-state index contributed by atoms with van der Waals surface area (Å²) in [4.78, 5) is 13.8.